The van der Waals surface area contributed by atoms with Crippen LogP contribution >= 0.6 is 0 Å². The fourth-order valence-corrected chi connectivity index (χ4v) is 1.10. The summed E-state index contributed by atoms with van der Waals surface area (Å²) < 4.78 is 5.15. The van der Waals surface area contributed by atoms with Crippen LogP contribution in [0.15, 0.2) is 42.5 Å². The summed E-state index contributed by atoms with van der Waals surface area (Å²) in [6.45, 7) is 3.46. The highest BCUT2D eigenvalue weighted by atomic mass is 16.5. The molecule has 0 saturated heterocycles. The highest BCUT2D eigenvalue weighted by Gasteiger charge is 2.18. The molecule has 0 amide bonds. The van der Waals surface area contributed by atoms with Crippen LogP contribution < -0.4 is 0 Å². The molecule has 1 aromatic rings. The minimum absolute atomic E-state index is 0.177. The number of benzene rings is 1. The number of carbonyl (C=O) groups excluding carboxylic acids is 1. The Morgan fingerprint density at radius 2 is 2.06 bits per heavy atom. The summed E-state index contributed by atoms with van der Waals surface area (Å²) in [7, 11) is 0. The summed E-state index contributed by atoms with van der Waals surface area (Å²) in [6.07, 6.45) is -0.669. The first kappa shape index (κ1) is 12.1. The maximum absolute atomic E-state index is 10.6. The lowest BCUT2D eigenvalue weighted by molar-refractivity contribution is -0.136. The minimum atomic E-state index is -1.23. The molecule has 1 atom stereocenters. The smallest absolute Gasteiger partial charge is 0.334 e. The third-order valence-corrected chi connectivity index (χ3v) is 2.01. The van der Waals surface area contributed by atoms with Crippen LogP contribution in [-0.4, -0.2) is 23.5 Å². The first-order valence-electron chi connectivity index (χ1n) is 4.68. The fraction of sp³-hybridized carbons (Fsp3) is 0.167. The number of rotatable bonds is 6. The summed E-state index contributed by atoms with van der Waals surface area (Å²) in [6, 6.07) is 9.18. The highest BCUT2D eigenvalue weighted by Crippen LogP contribution is 2.07. The quantitative estimate of drug-likeness (QED) is 0.581. The van der Waals surface area contributed by atoms with Gasteiger partial charge in [-0.3, -0.25) is 0 Å². The van der Waals surface area contributed by atoms with Crippen LogP contribution in [-0.2, 0) is 20.9 Å². The van der Waals surface area contributed by atoms with E-state index in [1.54, 1.807) is 0 Å². The Morgan fingerprint density at radius 3 is 2.56 bits per heavy atom. The van der Waals surface area contributed by atoms with Gasteiger partial charge in [0.15, 0.2) is 6.29 Å². The van der Waals surface area contributed by atoms with Gasteiger partial charge in [0, 0.05) is 0 Å². The van der Waals surface area contributed by atoms with E-state index in [2.05, 4.69) is 6.58 Å². The van der Waals surface area contributed by atoms with Gasteiger partial charge in [0.25, 0.3) is 0 Å². The van der Waals surface area contributed by atoms with Crippen molar-refractivity contribution in [2.24, 2.45) is 0 Å². The average molecular weight is 220 g/mol. The molecule has 0 radical (unpaired) electrons. The molecule has 0 aromatic heterocycles. The molecule has 0 aliphatic heterocycles. The van der Waals surface area contributed by atoms with Crippen LogP contribution in [0.25, 0.3) is 0 Å². The summed E-state index contributed by atoms with van der Waals surface area (Å²) in [5, 5.41) is 8.64. The maximum Gasteiger partial charge on any atom is 0.334 e. The van der Waals surface area contributed by atoms with Crippen LogP contribution in [0.2, 0.25) is 0 Å². The summed E-state index contributed by atoms with van der Waals surface area (Å²) in [4.78, 5) is 21.2. The molecule has 0 fully saturated rings. The van der Waals surface area contributed by atoms with Gasteiger partial charge in [0.1, 0.15) is 6.10 Å². The highest BCUT2D eigenvalue weighted by molar-refractivity contribution is 5.91. The van der Waals surface area contributed by atoms with Gasteiger partial charge < -0.3 is 14.6 Å². The normalized spacial score (nSPS) is 11.8. The molecule has 0 spiro atoms. The molecular weight excluding hydrogens is 208 g/mol. The van der Waals surface area contributed by atoms with Gasteiger partial charge >= 0.3 is 5.97 Å². The molecular formula is C12H12O4. The van der Waals surface area contributed by atoms with Gasteiger partial charge in [-0.25, -0.2) is 4.79 Å². The van der Waals surface area contributed by atoms with Crippen molar-refractivity contribution in [1.82, 2.24) is 0 Å². The van der Waals surface area contributed by atoms with E-state index in [0.717, 1.165) is 5.56 Å². The van der Waals surface area contributed by atoms with E-state index in [4.69, 9.17) is 9.84 Å². The number of aliphatic carboxylic acids is 1. The summed E-state index contributed by atoms with van der Waals surface area (Å²) >= 11 is 0. The topological polar surface area (TPSA) is 63.6 Å². The molecule has 0 heterocycles. The van der Waals surface area contributed by atoms with Crippen LogP contribution in [0.3, 0.4) is 0 Å². The maximum atomic E-state index is 10.6. The number of carboxylic acid groups (broad SMARTS) is 1. The fourth-order valence-electron chi connectivity index (χ4n) is 1.10. The van der Waals surface area contributed by atoms with Crippen LogP contribution in [0.4, 0.5) is 0 Å². The van der Waals surface area contributed by atoms with Crippen molar-refractivity contribution in [3.8, 4) is 0 Å². The standard InChI is InChI=1S/C12H12O4/c1-9(12(14)15)11(7-13)16-8-10-5-3-2-4-6-10/h2-7,11H,1,8H2,(H,14,15). The average Bonchev–Trinajstić information content (AvgIpc) is 2.30. The van der Waals surface area contributed by atoms with Crippen LogP contribution in [0.1, 0.15) is 5.56 Å². The second kappa shape index (κ2) is 5.82. The number of carbonyl (C=O) groups is 2. The lowest BCUT2D eigenvalue weighted by atomic mass is 10.2. The second-order valence-corrected chi connectivity index (χ2v) is 3.18. The minimum Gasteiger partial charge on any atom is -0.478 e. The van der Waals surface area contributed by atoms with E-state index in [1.807, 2.05) is 30.3 Å². The predicted octanol–water partition coefficient (Wildman–Crippen LogP) is 1.41. The largest absolute Gasteiger partial charge is 0.478 e. The molecule has 1 unspecified atom stereocenters. The molecule has 0 aliphatic carbocycles. The molecule has 1 aromatic carbocycles. The predicted molar refractivity (Wildman–Crippen MR) is 57.9 cm³/mol. The lowest BCUT2D eigenvalue weighted by Gasteiger charge is -2.11. The van der Waals surface area contributed by atoms with Crippen molar-refractivity contribution >= 4 is 12.3 Å². The third kappa shape index (κ3) is 3.33. The molecule has 1 rings (SSSR count). The van der Waals surface area contributed by atoms with Gasteiger partial charge in [0.05, 0.1) is 12.2 Å². The molecule has 0 bridgehead atoms. The van der Waals surface area contributed by atoms with E-state index in [9.17, 15) is 9.59 Å². The zero-order valence-electron chi connectivity index (χ0n) is 8.63. The molecule has 84 valence electrons. The van der Waals surface area contributed by atoms with Crippen molar-refractivity contribution < 1.29 is 19.4 Å². The third-order valence-electron chi connectivity index (χ3n) is 2.01. The SMILES string of the molecule is C=C(C(=O)O)C(C=O)OCc1ccccc1. The zero-order valence-corrected chi connectivity index (χ0v) is 8.63. The van der Waals surface area contributed by atoms with Crippen LogP contribution in [0.5, 0.6) is 0 Å². The first-order valence-corrected chi connectivity index (χ1v) is 4.68. The second-order valence-electron chi connectivity index (χ2n) is 3.18. The van der Waals surface area contributed by atoms with Crippen molar-refractivity contribution in [1.29, 1.82) is 0 Å². The monoisotopic (exact) mass is 220 g/mol. The van der Waals surface area contributed by atoms with Gasteiger partial charge in [-0.15, -0.1) is 0 Å². The molecule has 0 saturated carbocycles. The summed E-state index contributed by atoms with van der Waals surface area (Å²) in [5.74, 6) is -1.23. The van der Waals surface area contributed by atoms with Gasteiger partial charge in [0.2, 0.25) is 0 Å². The van der Waals surface area contributed by atoms with Crippen molar-refractivity contribution in [3.63, 3.8) is 0 Å². The van der Waals surface area contributed by atoms with E-state index < -0.39 is 12.1 Å². The Hall–Kier alpha value is -1.94. The zero-order chi connectivity index (χ0) is 12.0. The van der Waals surface area contributed by atoms with Crippen molar-refractivity contribution in [2.45, 2.75) is 12.7 Å². The Morgan fingerprint density at radius 1 is 1.44 bits per heavy atom. The Kier molecular flexibility index (Phi) is 4.42. The molecule has 0 aliphatic rings. The van der Waals surface area contributed by atoms with Crippen LogP contribution in [0, 0.1) is 0 Å². The molecule has 4 nitrogen and oxygen atoms in total. The lowest BCUT2D eigenvalue weighted by Crippen LogP contribution is -2.22. The van der Waals surface area contributed by atoms with Gasteiger partial charge in [-0.05, 0) is 5.56 Å². The van der Waals surface area contributed by atoms with E-state index in [0.29, 0.717) is 6.29 Å². The summed E-state index contributed by atoms with van der Waals surface area (Å²) in [5.41, 5.74) is 0.610. The van der Waals surface area contributed by atoms with Gasteiger partial charge in [-0.2, -0.15) is 0 Å². The van der Waals surface area contributed by atoms with E-state index >= 15 is 0 Å². The number of hydrogen-bond donors (Lipinski definition) is 1. The van der Waals surface area contributed by atoms with Crippen molar-refractivity contribution in [3.05, 3.63) is 48.0 Å². The molecule has 4 heteroatoms. The number of hydrogen-bond acceptors (Lipinski definition) is 3. The number of ether oxygens (including phenoxy) is 1. The Balaban J connectivity index is 2.56. The Bertz CT molecular complexity index is 383. The van der Waals surface area contributed by atoms with E-state index in [-0.39, 0.29) is 12.2 Å². The number of carboxylic acids is 1. The first-order chi connectivity index (χ1) is 7.65. The Labute approximate surface area is 93.2 Å². The van der Waals surface area contributed by atoms with E-state index in [1.165, 1.54) is 0 Å². The molecule has 16 heavy (non-hydrogen) atoms. The van der Waals surface area contributed by atoms with Gasteiger partial charge in [-0.1, -0.05) is 36.9 Å². The molecule has 1 N–H and O–H groups in total. The van der Waals surface area contributed by atoms with Crippen molar-refractivity contribution in [2.75, 3.05) is 0 Å². The number of aldehydes is 1.